The van der Waals surface area contributed by atoms with Crippen LogP contribution >= 0.6 is 0 Å². The Morgan fingerprint density at radius 3 is 2.59 bits per heavy atom. The molecule has 0 saturated carbocycles. The second kappa shape index (κ2) is 7.70. The van der Waals surface area contributed by atoms with Gasteiger partial charge in [-0.25, -0.2) is 8.78 Å². The summed E-state index contributed by atoms with van der Waals surface area (Å²) >= 11 is 0. The number of likely N-dealkylation sites (tertiary alicyclic amines) is 1. The summed E-state index contributed by atoms with van der Waals surface area (Å²) in [5.74, 6) is -1.88. The number of ether oxygens (including phenoxy) is 1. The summed E-state index contributed by atoms with van der Waals surface area (Å²) in [5.41, 5.74) is -0.764. The van der Waals surface area contributed by atoms with Gasteiger partial charge in [0, 0.05) is 37.6 Å². The van der Waals surface area contributed by atoms with Crippen molar-refractivity contribution >= 4 is 17.5 Å². The lowest BCUT2D eigenvalue weighted by atomic mass is 9.94. The van der Waals surface area contributed by atoms with Crippen LogP contribution < -0.4 is 5.32 Å². The summed E-state index contributed by atoms with van der Waals surface area (Å²) in [6.45, 7) is 3.32. The van der Waals surface area contributed by atoms with E-state index in [9.17, 15) is 18.4 Å². The van der Waals surface area contributed by atoms with E-state index in [1.807, 2.05) is 0 Å². The number of benzene rings is 1. The van der Waals surface area contributed by atoms with Crippen LogP contribution in [-0.4, -0.2) is 59.9 Å². The largest absolute Gasteiger partial charge is 0.379 e. The average molecular weight is 407 g/mol. The molecule has 0 aromatic heterocycles. The molecule has 3 atom stereocenters. The molecule has 3 aliphatic heterocycles. The number of nitrogens with zero attached hydrogens (tertiary/aromatic N) is 2. The molecule has 0 radical (unpaired) electrons. The third kappa shape index (κ3) is 4.10. The van der Waals surface area contributed by atoms with E-state index in [4.69, 9.17) is 9.57 Å². The van der Waals surface area contributed by atoms with Crippen molar-refractivity contribution < 1.29 is 27.9 Å². The number of nitrogens with one attached hydrogen (secondary N) is 1. The van der Waals surface area contributed by atoms with Crippen LogP contribution in [0, 0.1) is 11.6 Å². The summed E-state index contributed by atoms with van der Waals surface area (Å²) < 4.78 is 32.5. The number of halogens is 2. The highest BCUT2D eigenvalue weighted by molar-refractivity contribution is 6.05. The smallest absolute Gasteiger partial charge is 0.267 e. The molecule has 0 bridgehead atoms. The van der Waals surface area contributed by atoms with E-state index in [0.717, 1.165) is 44.1 Å². The van der Waals surface area contributed by atoms with E-state index in [1.165, 1.54) is 0 Å². The molecule has 0 aliphatic carbocycles. The fourth-order valence-corrected chi connectivity index (χ4v) is 3.92. The SMILES string of the molecule is CC1(C(=O)N[C@@H]2CO[C@H](C(=O)N3CCCC3)C2)CC(c2cc(F)cc(F)c2)=NO1. The standard InChI is InChI=1S/C20H23F2N3O4/c1-20(10-16(24-29-20)12-6-13(21)8-14(22)7-12)19(27)23-15-9-17(28-11-15)18(26)25-4-2-3-5-25/h6-8,15,17H,2-5,9-11H2,1H3,(H,23,27)/t15-,17-,20?/m0/s1. The normalized spacial score (nSPS) is 28.9. The monoisotopic (exact) mass is 407 g/mol. The van der Waals surface area contributed by atoms with Crippen LogP contribution in [0.25, 0.3) is 0 Å². The predicted molar refractivity (Wildman–Crippen MR) is 99.1 cm³/mol. The maximum atomic E-state index is 13.5. The number of carbonyl (C=O) groups is 2. The van der Waals surface area contributed by atoms with E-state index in [-0.39, 0.29) is 30.5 Å². The van der Waals surface area contributed by atoms with E-state index in [0.29, 0.717) is 12.1 Å². The molecule has 2 fully saturated rings. The Morgan fingerprint density at radius 1 is 1.21 bits per heavy atom. The van der Waals surface area contributed by atoms with Crippen molar-refractivity contribution in [2.75, 3.05) is 19.7 Å². The minimum absolute atomic E-state index is 0.0265. The molecule has 3 aliphatic rings. The number of amides is 2. The Bertz CT molecular complexity index is 836. The minimum atomic E-state index is -1.30. The number of rotatable bonds is 4. The summed E-state index contributed by atoms with van der Waals surface area (Å²) in [6, 6.07) is 2.75. The molecule has 3 heterocycles. The second-order valence-corrected chi connectivity index (χ2v) is 7.96. The van der Waals surface area contributed by atoms with Gasteiger partial charge in [0.25, 0.3) is 11.8 Å². The van der Waals surface area contributed by atoms with Gasteiger partial charge in [0.1, 0.15) is 17.7 Å². The van der Waals surface area contributed by atoms with Crippen LogP contribution in [0.4, 0.5) is 8.78 Å². The summed E-state index contributed by atoms with van der Waals surface area (Å²) in [7, 11) is 0. The highest BCUT2D eigenvalue weighted by Gasteiger charge is 2.44. The number of oxime groups is 1. The van der Waals surface area contributed by atoms with Gasteiger partial charge in [-0.15, -0.1) is 0 Å². The molecular formula is C20H23F2N3O4. The highest BCUT2D eigenvalue weighted by Crippen LogP contribution is 2.28. The van der Waals surface area contributed by atoms with Gasteiger partial charge in [0.05, 0.1) is 18.4 Å². The molecule has 0 spiro atoms. The average Bonchev–Trinajstić information content (AvgIpc) is 3.41. The Labute approximate surface area is 167 Å². The zero-order chi connectivity index (χ0) is 20.6. The van der Waals surface area contributed by atoms with E-state index in [2.05, 4.69) is 10.5 Å². The maximum absolute atomic E-state index is 13.5. The van der Waals surface area contributed by atoms with Gasteiger partial charge in [-0.3, -0.25) is 9.59 Å². The molecular weight excluding hydrogens is 384 g/mol. The zero-order valence-electron chi connectivity index (χ0n) is 16.1. The van der Waals surface area contributed by atoms with Gasteiger partial charge in [0.15, 0.2) is 0 Å². The Kier molecular flexibility index (Phi) is 5.24. The molecule has 9 heteroatoms. The van der Waals surface area contributed by atoms with Crippen molar-refractivity contribution in [3.8, 4) is 0 Å². The van der Waals surface area contributed by atoms with Gasteiger partial charge in [0.2, 0.25) is 5.60 Å². The summed E-state index contributed by atoms with van der Waals surface area (Å²) in [5, 5.41) is 6.71. The molecule has 156 valence electrons. The number of hydrogen-bond acceptors (Lipinski definition) is 5. The molecule has 1 unspecified atom stereocenters. The lowest BCUT2D eigenvalue weighted by molar-refractivity contribution is -0.142. The first-order chi connectivity index (χ1) is 13.8. The van der Waals surface area contributed by atoms with Crippen LogP contribution in [0.3, 0.4) is 0 Å². The van der Waals surface area contributed by atoms with Crippen molar-refractivity contribution in [3.05, 3.63) is 35.4 Å². The molecule has 1 aromatic rings. The first-order valence-corrected chi connectivity index (χ1v) is 9.77. The fourth-order valence-electron chi connectivity index (χ4n) is 3.92. The third-order valence-corrected chi connectivity index (χ3v) is 5.56. The second-order valence-electron chi connectivity index (χ2n) is 7.96. The molecule has 1 aromatic carbocycles. The molecule has 4 rings (SSSR count). The maximum Gasteiger partial charge on any atom is 0.267 e. The van der Waals surface area contributed by atoms with Gasteiger partial charge in [-0.2, -0.15) is 0 Å². The molecule has 29 heavy (non-hydrogen) atoms. The lowest BCUT2D eigenvalue weighted by Crippen LogP contribution is -2.49. The quantitative estimate of drug-likeness (QED) is 0.825. The highest BCUT2D eigenvalue weighted by atomic mass is 19.1. The van der Waals surface area contributed by atoms with E-state index >= 15 is 0 Å². The van der Waals surface area contributed by atoms with Crippen LogP contribution in [0.15, 0.2) is 23.4 Å². The van der Waals surface area contributed by atoms with Crippen molar-refractivity contribution in [1.82, 2.24) is 10.2 Å². The topological polar surface area (TPSA) is 80.2 Å². The van der Waals surface area contributed by atoms with Gasteiger partial charge in [-0.05, 0) is 31.9 Å². The van der Waals surface area contributed by atoms with Crippen LogP contribution in [-0.2, 0) is 19.2 Å². The van der Waals surface area contributed by atoms with Gasteiger partial charge in [-0.1, -0.05) is 5.16 Å². The van der Waals surface area contributed by atoms with Gasteiger partial charge >= 0.3 is 0 Å². The lowest BCUT2D eigenvalue weighted by Gasteiger charge is -2.23. The fraction of sp³-hybridized carbons (Fsp3) is 0.550. The van der Waals surface area contributed by atoms with E-state index < -0.39 is 29.2 Å². The molecule has 2 amide bonds. The number of carbonyl (C=O) groups excluding carboxylic acids is 2. The van der Waals surface area contributed by atoms with Crippen molar-refractivity contribution in [3.63, 3.8) is 0 Å². The van der Waals surface area contributed by atoms with Crippen molar-refractivity contribution in [2.45, 2.75) is 50.4 Å². The Hall–Kier alpha value is -2.55. The number of hydrogen-bond donors (Lipinski definition) is 1. The Morgan fingerprint density at radius 2 is 1.90 bits per heavy atom. The van der Waals surface area contributed by atoms with Crippen molar-refractivity contribution in [1.29, 1.82) is 0 Å². The van der Waals surface area contributed by atoms with Crippen LogP contribution in [0.5, 0.6) is 0 Å². The zero-order valence-corrected chi connectivity index (χ0v) is 16.1. The molecule has 7 nitrogen and oxygen atoms in total. The molecule has 2 saturated heterocycles. The van der Waals surface area contributed by atoms with Crippen LogP contribution in [0.2, 0.25) is 0 Å². The third-order valence-electron chi connectivity index (χ3n) is 5.56. The Balaban J connectivity index is 1.34. The van der Waals surface area contributed by atoms with Crippen molar-refractivity contribution in [2.24, 2.45) is 5.16 Å². The minimum Gasteiger partial charge on any atom is -0.379 e. The summed E-state index contributed by atoms with van der Waals surface area (Å²) in [4.78, 5) is 32.3. The first kappa shape index (κ1) is 19.8. The summed E-state index contributed by atoms with van der Waals surface area (Å²) in [6.07, 6.45) is 1.95. The van der Waals surface area contributed by atoms with E-state index in [1.54, 1.807) is 11.8 Å². The van der Waals surface area contributed by atoms with Crippen LogP contribution in [0.1, 0.15) is 38.2 Å². The predicted octanol–water partition coefficient (Wildman–Crippen LogP) is 1.74. The first-order valence-electron chi connectivity index (χ1n) is 9.77. The van der Waals surface area contributed by atoms with Gasteiger partial charge < -0.3 is 19.8 Å². The molecule has 1 N–H and O–H groups in total.